The second-order valence-corrected chi connectivity index (χ2v) is 5.37. The minimum atomic E-state index is -0.307. The number of hydrogen-bond acceptors (Lipinski definition) is 5. The normalized spacial score (nSPS) is 18.3. The first-order chi connectivity index (χ1) is 10.7. The zero-order valence-electron chi connectivity index (χ0n) is 12.8. The Labute approximate surface area is 129 Å². The van der Waals surface area contributed by atoms with E-state index >= 15 is 0 Å². The summed E-state index contributed by atoms with van der Waals surface area (Å²) in [4.78, 5) is 13.9. The molecule has 1 aromatic heterocycles. The number of piperazine rings is 1. The molecule has 1 fully saturated rings. The minimum Gasteiger partial charge on any atom is -0.468 e. The number of nitrogens with zero attached hydrogens (tertiary/aromatic N) is 3. The van der Waals surface area contributed by atoms with Crippen molar-refractivity contribution in [2.24, 2.45) is 0 Å². The Hall–Kier alpha value is -2.34. The van der Waals surface area contributed by atoms with Crippen LogP contribution in [-0.4, -0.2) is 48.5 Å². The monoisotopic (exact) mass is 300 g/mol. The van der Waals surface area contributed by atoms with Crippen molar-refractivity contribution in [3.63, 3.8) is 0 Å². The molecule has 0 unspecified atom stereocenters. The number of rotatable bonds is 3. The smallest absolute Gasteiger partial charge is 0.324 e. The van der Waals surface area contributed by atoms with Gasteiger partial charge in [-0.3, -0.25) is 4.79 Å². The number of aryl methyl sites for hydroxylation is 1. The average Bonchev–Trinajstić information content (AvgIpc) is 2.97. The maximum absolute atomic E-state index is 11.8. The van der Waals surface area contributed by atoms with E-state index in [1.807, 2.05) is 48.0 Å². The van der Waals surface area contributed by atoms with E-state index in [0.717, 1.165) is 30.3 Å². The van der Waals surface area contributed by atoms with Crippen LogP contribution in [0.2, 0.25) is 0 Å². The van der Waals surface area contributed by atoms with E-state index in [0.29, 0.717) is 6.54 Å². The summed E-state index contributed by atoms with van der Waals surface area (Å²) in [6.45, 7) is 4.11. The van der Waals surface area contributed by atoms with Crippen LogP contribution in [0.3, 0.4) is 0 Å². The van der Waals surface area contributed by atoms with Crippen LogP contribution in [0.4, 0.5) is 5.82 Å². The summed E-state index contributed by atoms with van der Waals surface area (Å²) in [6.07, 6.45) is 0. The second-order valence-electron chi connectivity index (χ2n) is 5.37. The molecule has 22 heavy (non-hydrogen) atoms. The Bertz CT molecular complexity index is 653. The van der Waals surface area contributed by atoms with Gasteiger partial charge in [0.25, 0.3) is 0 Å². The van der Waals surface area contributed by atoms with Crippen LogP contribution in [0.1, 0.15) is 5.69 Å². The standard InChI is InChI=1S/C16H20N4O2/c1-12-10-15(20(18-12)13-6-4-3-5-7-13)19-9-8-17-14(11-19)16(21)22-2/h3-7,10,14,17H,8-9,11H2,1-2H3/t14-/m0/s1. The average molecular weight is 300 g/mol. The van der Waals surface area contributed by atoms with Crippen molar-refractivity contribution in [1.29, 1.82) is 0 Å². The molecule has 1 saturated heterocycles. The number of ether oxygens (including phenoxy) is 1. The minimum absolute atomic E-state index is 0.229. The molecule has 0 aliphatic carbocycles. The molecule has 1 N–H and O–H groups in total. The van der Waals surface area contributed by atoms with E-state index in [1.165, 1.54) is 7.11 Å². The van der Waals surface area contributed by atoms with Crippen LogP contribution in [0, 0.1) is 6.92 Å². The summed E-state index contributed by atoms with van der Waals surface area (Å²) in [5.41, 5.74) is 1.96. The molecule has 116 valence electrons. The van der Waals surface area contributed by atoms with Gasteiger partial charge in [0.1, 0.15) is 11.9 Å². The van der Waals surface area contributed by atoms with E-state index in [-0.39, 0.29) is 12.0 Å². The third kappa shape index (κ3) is 2.82. The van der Waals surface area contributed by atoms with E-state index in [9.17, 15) is 4.79 Å². The highest BCUT2D eigenvalue weighted by molar-refractivity contribution is 5.77. The van der Waals surface area contributed by atoms with Gasteiger partial charge in [0, 0.05) is 25.7 Å². The maximum Gasteiger partial charge on any atom is 0.324 e. The van der Waals surface area contributed by atoms with Gasteiger partial charge in [0.2, 0.25) is 0 Å². The molecule has 0 bridgehead atoms. The molecule has 6 nitrogen and oxygen atoms in total. The van der Waals surface area contributed by atoms with Gasteiger partial charge in [-0.25, -0.2) is 4.68 Å². The van der Waals surface area contributed by atoms with Crippen molar-refractivity contribution in [2.75, 3.05) is 31.6 Å². The summed E-state index contributed by atoms with van der Waals surface area (Å²) < 4.78 is 6.77. The number of methoxy groups -OCH3 is 1. The van der Waals surface area contributed by atoms with E-state index < -0.39 is 0 Å². The van der Waals surface area contributed by atoms with Crippen molar-refractivity contribution in [1.82, 2.24) is 15.1 Å². The lowest BCUT2D eigenvalue weighted by Crippen LogP contribution is -2.55. The summed E-state index contributed by atoms with van der Waals surface area (Å²) in [5.74, 6) is 0.770. The molecule has 2 heterocycles. The third-order valence-electron chi connectivity index (χ3n) is 3.80. The Morgan fingerprint density at radius 1 is 1.36 bits per heavy atom. The summed E-state index contributed by atoms with van der Waals surface area (Å²) >= 11 is 0. The highest BCUT2D eigenvalue weighted by Gasteiger charge is 2.28. The lowest BCUT2D eigenvalue weighted by molar-refractivity contribution is -0.143. The van der Waals surface area contributed by atoms with Gasteiger partial charge in [0.15, 0.2) is 0 Å². The lowest BCUT2D eigenvalue weighted by atomic mass is 10.2. The predicted molar refractivity (Wildman–Crippen MR) is 84.3 cm³/mol. The highest BCUT2D eigenvalue weighted by atomic mass is 16.5. The molecule has 1 aliphatic rings. The SMILES string of the molecule is COC(=O)[C@@H]1CN(c2cc(C)nn2-c2ccccc2)CCN1. The van der Waals surface area contributed by atoms with Crippen molar-refractivity contribution in [2.45, 2.75) is 13.0 Å². The van der Waals surface area contributed by atoms with Gasteiger partial charge in [-0.05, 0) is 19.1 Å². The van der Waals surface area contributed by atoms with Crippen molar-refractivity contribution in [3.8, 4) is 5.69 Å². The van der Waals surface area contributed by atoms with E-state index in [1.54, 1.807) is 0 Å². The highest BCUT2D eigenvalue weighted by Crippen LogP contribution is 2.22. The molecule has 6 heteroatoms. The van der Waals surface area contributed by atoms with E-state index in [4.69, 9.17) is 4.74 Å². The first kappa shape index (κ1) is 14.6. The summed E-state index contributed by atoms with van der Waals surface area (Å²) in [6, 6.07) is 11.8. The number of aromatic nitrogens is 2. The van der Waals surface area contributed by atoms with Crippen LogP contribution >= 0.6 is 0 Å². The van der Waals surface area contributed by atoms with Gasteiger partial charge in [-0.1, -0.05) is 18.2 Å². The molecule has 3 rings (SSSR count). The number of nitrogens with one attached hydrogen (secondary N) is 1. The molecule has 0 saturated carbocycles. The number of esters is 1. The topological polar surface area (TPSA) is 59.4 Å². The van der Waals surface area contributed by atoms with E-state index in [2.05, 4.69) is 15.3 Å². The van der Waals surface area contributed by atoms with Crippen molar-refractivity contribution in [3.05, 3.63) is 42.1 Å². The Morgan fingerprint density at radius 3 is 2.86 bits per heavy atom. The molecular weight excluding hydrogens is 280 g/mol. The number of para-hydroxylation sites is 1. The zero-order valence-corrected chi connectivity index (χ0v) is 12.8. The molecule has 2 aromatic rings. The predicted octanol–water partition coefficient (Wildman–Crippen LogP) is 1.13. The fourth-order valence-electron chi connectivity index (χ4n) is 2.73. The number of carbonyl (C=O) groups is 1. The van der Waals surface area contributed by atoms with Gasteiger partial charge < -0.3 is 15.0 Å². The second kappa shape index (κ2) is 6.19. The molecule has 0 amide bonds. The fraction of sp³-hybridized carbons (Fsp3) is 0.375. The maximum atomic E-state index is 11.8. The molecule has 1 aromatic carbocycles. The number of hydrogen-bond donors (Lipinski definition) is 1. The van der Waals surface area contributed by atoms with Crippen LogP contribution < -0.4 is 10.2 Å². The summed E-state index contributed by atoms with van der Waals surface area (Å²) in [7, 11) is 1.42. The molecule has 0 radical (unpaired) electrons. The van der Waals surface area contributed by atoms with Crippen LogP contribution in [-0.2, 0) is 9.53 Å². The Morgan fingerprint density at radius 2 is 2.14 bits per heavy atom. The van der Waals surface area contributed by atoms with Crippen LogP contribution in [0.5, 0.6) is 0 Å². The first-order valence-electron chi connectivity index (χ1n) is 7.37. The number of carbonyl (C=O) groups excluding carboxylic acids is 1. The fourth-order valence-corrected chi connectivity index (χ4v) is 2.73. The quantitative estimate of drug-likeness (QED) is 0.861. The van der Waals surface area contributed by atoms with Crippen LogP contribution in [0.25, 0.3) is 5.69 Å². The number of anilines is 1. The van der Waals surface area contributed by atoms with Crippen molar-refractivity contribution >= 4 is 11.8 Å². The first-order valence-corrected chi connectivity index (χ1v) is 7.37. The van der Waals surface area contributed by atoms with Gasteiger partial charge in [-0.15, -0.1) is 0 Å². The third-order valence-corrected chi connectivity index (χ3v) is 3.80. The molecule has 1 atom stereocenters. The van der Waals surface area contributed by atoms with Crippen molar-refractivity contribution < 1.29 is 9.53 Å². The zero-order chi connectivity index (χ0) is 15.5. The largest absolute Gasteiger partial charge is 0.468 e. The Balaban J connectivity index is 1.90. The Kier molecular flexibility index (Phi) is 4.11. The lowest BCUT2D eigenvalue weighted by Gasteiger charge is -2.33. The van der Waals surface area contributed by atoms with Gasteiger partial charge in [0.05, 0.1) is 18.5 Å². The van der Waals surface area contributed by atoms with Crippen LogP contribution in [0.15, 0.2) is 36.4 Å². The molecule has 1 aliphatic heterocycles. The van der Waals surface area contributed by atoms with Gasteiger partial charge in [-0.2, -0.15) is 5.10 Å². The van der Waals surface area contributed by atoms with Gasteiger partial charge >= 0.3 is 5.97 Å². The molecule has 0 spiro atoms. The summed E-state index contributed by atoms with van der Waals surface area (Å²) in [5, 5.41) is 7.77. The number of benzene rings is 1. The molecular formula is C16H20N4O2.